The zero-order valence-corrected chi connectivity index (χ0v) is 16.0. The van der Waals surface area contributed by atoms with Gasteiger partial charge in [0.2, 0.25) is 0 Å². The summed E-state index contributed by atoms with van der Waals surface area (Å²) >= 11 is 0.873. The molecule has 0 bridgehead atoms. The molecule has 2 heterocycles. The SMILES string of the molecule is C/C(N)=C(/SN)C(=O)NCc1ccc2[nH]c(C3CCOCC3)c(C)c2c1. The Labute approximate surface area is 157 Å². The zero-order valence-electron chi connectivity index (χ0n) is 15.2. The van der Waals surface area contributed by atoms with Crippen molar-refractivity contribution >= 4 is 28.8 Å². The molecule has 0 spiro atoms. The molecular formula is C19H26N4O2S. The van der Waals surface area contributed by atoms with Gasteiger partial charge in [0.25, 0.3) is 5.91 Å². The van der Waals surface area contributed by atoms with Crippen LogP contribution in [-0.2, 0) is 16.1 Å². The highest BCUT2D eigenvalue weighted by Gasteiger charge is 2.21. The lowest BCUT2D eigenvalue weighted by Crippen LogP contribution is -2.25. The monoisotopic (exact) mass is 374 g/mol. The summed E-state index contributed by atoms with van der Waals surface area (Å²) in [6, 6.07) is 6.24. The van der Waals surface area contributed by atoms with Gasteiger partial charge in [-0.05, 0) is 61.9 Å². The number of aryl methyl sites for hydroxylation is 1. The van der Waals surface area contributed by atoms with Gasteiger partial charge in [0.1, 0.15) is 4.91 Å². The number of ether oxygens (including phenoxy) is 1. The number of H-pyrrole nitrogens is 1. The van der Waals surface area contributed by atoms with E-state index in [0.29, 0.717) is 23.1 Å². The van der Waals surface area contributed by atoms with E-state index in [0.717, 1.165) is 49.1 Å². The second-order valence-corrected chi connectivity index (χ2v) is 7.39. The van der Waals surface area contributed by atoms with Crippen LogP contribution in [-0.4, -0.2) is 24.1 Å². The van der Waals surface area contributed by atoms with E-state index in [-0.39, 0.29) is 5.91 Å². The summed E-state index contributed by atoms with van der Waals surface area (Å²) < 4.78 is 5.48. The van der Waals surface area contributed by atoms with Crippen LogP contribution in [0.4, 0.5) is 0 Å². The number of rotatable bonds is 5. The van der Waals surface area contributed by atoms with E-state index in [1.54, 1.807) is 6.92 Å². The summed E-state index contributed by atoms with van der Waals surface area (Å²) in [5.41, 5.74) is 10.9. The number of hydrogen-bond acceptors (Lipinski definition) is 5. The molecule has 1 aromatic carbocycles. The number of fused-ring (bicyclic) bond motifs is 1. The first-order valence-electron chi connectivity index (χ1n) is 8.81. The average Bonchev–Trinajstić information content (AvgIpc) is 2.97. The highest BCUT2D eigenvalue weighted by Crippen LogP contribution is 2.33. The molecule has 1 fully saturated rings. The average molecular weight is 375 g/mol. The summed E-state index contributed by atoms with van der Waals surface area (Å²) in [7, 11) is 0. The Morgan fingerprint density at radius 3 is 2.77 bits per heavy atom. The van der Waals surface area contributed by atoms with E-state index in [1.807, 2.05) is 6.07 Å². The van der Waals surface area contributed by atoms with E-state index in [4.69, 9.17) is 15.6 Å². The van der Waals surface area contributed by atoms with Crippen molar-refractivity contribution in [3.8, 4) is 0 Å². The van der Waals surface area contributed by atoms with Gasteiger partial charge in [0.05, 0.1) is 0 Å². The van der Waals surface area contributed by atoms with E-state index < -0.39 is 0 Å². The lowest BCUT2D eigenvalue weighted by atomic mass is 9.93. The molecule has 0 aliphatic carbocycles. The molecule has 7 heteroatoms. The first-order valence-corrected chi connectivity index (χ1v) is 9.69. The number of carbonyl (C=O) groups is 1. The number of amides is 1. The molecule has 6 nitrogen and oxygen atoms in total. The Bertz CT molecular complexity index is 833. The minimum absolute atomic E-state index is 0.244. The molecular weight excluding hydrogens is 348 g/mol. The fraction of sp³-hybridized carbons (Fsp3) is 0.421. The van der Waals surface area contributed by atoms with Gasteiger partial charge >= 0.3 is 0 Å². The molecule has 1 saturated heterocycles. The van der Waals surface area contributed by atoms with Gasteiger partial charge in [-0.2, -0.15) is 0 Å². The van der Waals surface area contributed by atoms with Gasteiger partial charge in [-0.25, -0.2) is 0 Å². The molecule has 0 saturated carbocycles. The highest BCUT2D eigenvalue weighted by atomic mass is 32.2. The first kappa shape index (κ1) is 18.8. The number of allylic oxidation sites excluding steroid dienone is 1. The molecule has 140 valence electrons. The van der Waals surface area contributed by atoms with Gasteiger partial charge in [-0.15, -0.1) is 0 Å². The van der Waals surface area contributed by atoms with Crippen LogP contribution in [0.15, 0.2) is 28.8 Å². The predicted molar refractivity (Wildman–Crippen MR) is 106 cm³/mol. The van der Waals surface area contributed by atoms with Crippen LogP contribution in [0, 0.1) is 6.92 Å². The Hall–Kier alpha value is -1.96. The third kappa shape index (κ3) is 3.90. The third-order valence-corrected chi connectivity index (χ3v) is 5.67. The molecule has 26 heavy (non-hydrogen) atoms. The van der Waals surface area contributed by atoms with Crippen molar-refractivity contribution in [3.05, 3.63) is 45.6 Å². The Morgan fingerprint density at radius 1 is 1.38 bits per heavy atom. The van der Waals surface area contributed by atoms with Gasteiger partial charge in [0.15, 0.2) is 0 Å². The summed E-state index contributed by atoms with van der Waals surface area (Å²) in [6.07, 6.45) is 2.11. The summed E-state index contributed by atoms with van der Waals surface area (Å²) in [6.45, 7) is 5.92. The van der Waals surface area contributed by atoms with Crippen molar-refractivity contribution in [3.63, 3.8) is 0 Å². The van der Waals surface area contributed by atoms with Crippen molar-refractivity contribution in [2.24, 2.45) is 10.9 Å². The number of hydrogen-bond donors (Lipinski definition) is 4. The van der Waals surface area contributed by atoms with Gasteiger partial charge in [0, 0.05) is 48.0 Å². The lowest BCUT2D eigenvalue weighted by Gasteiger charge is -2.21. The predicted octanol–water partition coefficient (Wildman–Crippen LogP) is 2.78. The Balaban J connectivity index is 1.78. The molecule has 0 unspecified atom stereocenters. The number of carbonyl (C=O) groups excluding carboxylic acids is 1. The van der Waals surface area contributed by atoms with Crippen LogP contribution in [0.3, 0.4) is 0 Å². The van der Waals surface area contributed by atoms with Crippen molar-refractivity contribution < 1.29 is 9.53 Å². The van der Waals surface area contributed by atoms with Crippen LogP contribution in [0.5, 0.6) is 0 Å². The van der Waals surface area contributed by atoms with E-state index in [2.05, 4.69) is 29.4 Å². The molecule has 1 aliphatic heterocycles. The molecule has 6 N–H and O–H groups in total. The quantitative estimate of drug-likeness (QED) is 0.476. The number of nitrogens with two attached hydrogens (primary N) is 2. The Morgan fingerprint density at radius 2 is 2.12 bits per heavy atom. The normalized spacial score (nSPS) is 16.6. The minimum atomic E-state index is -0.244. The second-order valence-electron chi connectivity index (χ2n) is 6.74. The van der Waals surface area contributed by atoms with Gasteiger partial charge < -0.3 is 20.8 Å². The standard InChI is InChI=1S/C19H26N4O2S/c1-11-15-9-13(10-22-19(24)18(26-21)12(2)20)3-4-16(15)23-17(11)14-5-7-25-8-6-14/h3-4,9,14,23H,5-8,10,20-21H2,1-2H3,(H,22,24)/b18-12-. The van der Waals surface area contributed by atoms with Crippen LogP contribution in [0.1, 0.15) is 42.5 Å². The van der Waals surface area contributed by atoms with Gasteiger partial charge in [-0.3, -0.25) is 9.93 Å². The maximum Gasteiger partial charge on any atom is 0.261 e. The zero-order chi connectivity index (χ0) is 18.7. The molecule has 0 atom stereocenters. The minimum Gasteiger partial charge on any atom is -0.401 e. The largest absolute Gasteiger partial charge is 0.401 e. The maximum absolute atomic E-state index is 12.2. The molecule has 2 aromatic rings. The second kappa shape index (κ2) is 8.16. The van der Waals surface area contributed by atoms with E-state index in [1.165, 1.54) is 16.6 Å². The fourth-order valence-corrected chi connectivity index (χ4v) is 3.85. The first-order chi connectivity index (χ1) is 12.5. The molecule has 3 rings (SSSR count). The van der Waals surface area contributed by atoms with E-state index in [9.17, 15) is 4.79 Å². The topological polar surface area (TPSA) is 106 Å². The number of benzene rings is 1. The molecule has 0 radical (unpaired) electrons. The molecule has 1 aromatic heterocycles. The van der Waals surface area contributed by atoms with Crippen LogP contribution < -0.4 is 16.2 Å². The van der Waals surface area contributed by atoms with E-state index >= 15 is 0 Å². The van der Waals surface area contributed by atoms with Gasteiger partial charge in [-0.1, -0.05) is 6.07 Å². The van der Waals surface area contributed by atoms with Crippen molar-refractivity contribution in [1.29, 1.82) is 0 Å². The van der Waals surface area contributed by atoms with Crippen molar-refractivity contribution in [2.45, 2.75) is 39.2 Å². The molecule has 1 amide bonds. The van der Waals surface area contributed by atoms with Crippen LogP contribution in [0.25, 0.3) is 10.9 Å². The summed E-state index contributed by atoms with van der Waals surface area (Å²) in [5, 5.41) is 9.60. The number of aromatic nitrogens is 1. The lowest BCUT2D eigenvalue weighted by molar-refractivity contribution is -0.117. The number of aromatic amines is 1. The van der Waals surface area contributed by atoms with Crippen molar-refractivity contribution in [1.82, 2.24) is 10.3 Å². The smallest absolute Gasteiger partial charge is 0.261 e. The maximum atomic E-state index is 12.2. The van der Waals surface area contributed by atoms with Crippen LogP contribution >= 0.6 is 11.9 Å². The van der Waals surface area contributed by atoms with Crippen molar-refractivity contribution in [2.75, 3.05) is 13.2 Å². The Kier molecular flexibility index (Phi) is 5.90. The summed E-state index contributed by atoms with van der Waals surface area (Å²) in [4.78, 5) is 16.1. The molecule has 1 aliphatic rings. The number of nitrogens with one attached hydrogen (secondary N) is 2. The van der Waals surface area contributed by atoms with Crippen LogP contribution in [0.2, 0.25) is 0 Å². The third-order valence-electron chi connectivity index (χ3n) is 4.93. The fourth-order valence-electron chi connectivity index (χ4n) is 3.49. The summed E-state index contributed by atoms with van der Waals surface area (Å²) in [5.74, 6) is 0.285. The highest BCUT2D eigenvalue weighted by molar-refractivity contribution is 8.01.